The molecule has 1 aromatic carbocycles. The first-order chi connectivity index (χ1) is 9.20. The summed E-state index contributed by atoms with van der Waals surface area (Å²) in [5, 5.41) is 0. The summed E-state index contributed by atoms with van der Waals surface area (Å²) < 4.78 is 11.1. The number of nitrogens with two attached hydrogens (primary N) is 1. The summed E-state index contributed by atoms with van der Waals surface area (Å²) in [6.07, 6.45) is 1.08. The maximum atomic E-state index is 6.02. The van der Waals surface area contributed by atoms with Gasteiger partial charge in [-0.3, -0.25) is 4.90 Å². The molecule has 0 aromatic heterocycles. The monoisotopic (exact) mass is 264 g/mol. The number of benzene rings is 1. The van der Waals surface area contributed by atoms with Crippen molar-refractivity contribution in [2.45, 2.75) is 19.4 Å². The summed E-state index contributed by atoms with van der Waals surface area (Å²) in [6, 6.07) is 8.11. The van der Waals surface area contributed by atoms with Crippen LogP contribution in [0.25, 0.3) is 0 Å². The van der Waals surface area contributed by atoms with E-state index in [4.69, 9.17) is 15.2 Å². The molecule has 1 heterocycles. The number of piperidine rings is 1. The van der Waals surface area contributed by atoms with Gasteiger partial charge in [-0.25, -0.2) is 0 Å². The second-order valence-electron chi connectivity index (χ2n) is 5.23. The Labute approximate surface area is 115 Å². The van der Waals surface area contributed by atoms with E-state index < -0.39 is 0 Å². The second-order valence-corrected chi connectivity index (χ2v) is 5.23. The third-order valence-electron chi connectivity index (χ3n) is 3.79. The molecule has 4 nitrogen and oxygen atoms in total. The van der Waals surface area contributed by atoms with Gasteiger partial charge in [-0.2, -0.15) is 0 Å². The van der Waals surface area contributed by atoms with Crippen LogP contribution in [0.5, 0.6) is 11.5 Å². The lowest BCUT2D eigenvalue weighted by Crippen LogP contribution is -2.46. The topological polar surface area (TPSA) is 47.7 Å². The quantitative estimate of drug-likeness (QED) is 0.880. The van der Waals surface area contributed by atoms with E-state index in [2.05, 4.69) is 11.8 Å². The highest BCUT2D eigenvalue weighted by atomic mass is 16.5. The zero-order valence-corrected chi connectivity index (χ0v) is 11.8. The maximum absolute atomic E-state index is 6.02. The number of methoxy groups -OCH3 is 1. The zero-order chi connectivity index (χ0) is 13.7. The highest BCUT2D eigenvalue weighted by molar-refractivity contribution is 5.39. The molecular formula is C15H24N2O2. The largest absolute Gasteiger partial charge is 0.493 e. The van der Waals surface area contributed by atoms with E-state index in [1.54, 1.807) is 7.11 Å². The zero-order valence-electron chi connectivity index (χ0n) is 11.8. The molecule has 19 heavy (non-hydrogen) atoms. The minimum atomic E-state index is 0.353. The third kappa shape index (κ3) is 3.85. The number of hydrogen-bond acceptors (Lipinski definition) is 4. The minimum absolute atomic E-state index is 0.353. The molecule has 2 rings (SSSR count). The number of hydrogen-bond donors (Lipinski definition) is 1. The summed E-state index contributed by atoms with van der Waals surface area (Å²) >= 11 is 0. The Hall–Kier alpha value is -1.26. The summed E-state index contributed by atoms with van der Waals surface area (Å²) in [5.41, 5.74) is 6.02. The lowest BCUT2D eigenvalue weighted by atomic mass is 9.95. The summed E-state index contributed by atoms with van der Waals surface area (Å²) in [6.45, 7) is 5.98. The van der Waals surface area contributed by atoms with Crippen LogP contribution in [0.3, 0.4) is 0 Å². The smallest absolute Gasteiger partial charge is 0.161 e. The molecule has 1 fully saturated rings. The van der Waals surface area contributed by atoms with Crippen LogP contribution in [-0.4, -0.2) is 44.3 Å². The van der Waals surface area contributed by atoms with E-state index in [-0.39, 0.29) is 0 Å². The standard InChI is InChI=1S/C15H24N2O2/c1-12-11-17(8-7-13(12)16)9-10-19-15-6-4-3-5-14(15)18-2/h3-6,12-13H,7-11,16H2,1-2H3. The molecule has 0 saturated carbocycles. The SMILES string of the molecule is COc1ccccc1OCCN1CCC(N)C(C)C1. The lowest BCUT2D eigenvalue weighted by molar-refractivity contribution is 0.138. The summed E-state index contributed by atoms with van der Waals surface area (Å²) in [4.78, 5) is 2.42. The van der Waals surface area contributed by atoms with Crippen molar-refractivity contribution in [1.82, 2.24) is 4.90 Å². The average Bonchev–Trinajstić information content (AvgIpc) is 2.43. The van der Waals surface area contributed by atoms with E-state index in [1.165, 1.54) is 0 Å². The van der Waals surface area contributed by atoms with Crippen molar-refractivity contribution in [3.05, 3.63) is 24.3 Å². The normalized spacial score (nSPS) is 24.2. The van der Waals surface area contributed by atoms with E-state index in [0.717, 1.165) is 37.6 Å². The number of ether oxygens (including phenoxy) is 2. The van der Waals surface area contributed by atoms with Gasteiger partial charge in [0.15, 0.2) is 11.5 Å². The van der Waals surface area contributed by atoms with Crippen molar-refractivity contribution in [3.63, 3.8) is 0 Å². The number of para-hydroxylation sites is 2. The molecule has 0 bridgehead atoms. The fourth-order valence-electron chi connectivity index (χ4n) is 2.48. The van der Waals surface area contributed by atoms with E-state index >= 15 is 0 Å². The molecule has 106 valence electrons. The predicted molar refractivity (Wildman–Crippen MR) is 76.7 cm³/mol. The molecule has 0 aliphatic carbocycles. The van der Waals surface area contributed by atoms with Gasteiger partial charge in [-0.1, -0.05) is 19.1 Å². The van der Waals surface area contributed by atoms with Gasteiger partial charge >= 0.3 is 0 Å². The molecule has 0 spiro atoms. The van der Waals surface area contributed by atoms with Crippen LogP contribution in [0.15, 0.2) is 24.3 Å². The van der Waals surface area contributed by atoms with Gasteiger partial charge in [0.2, 0.25) is 0 Å². The van der Waals surface area contributed by atoms with Crippen molar-refractivity contribution in [2.24, 2.45) is 11.7 Å². The highest BCUT2D eigenvalue weighted by Crippen LogP contribution is 2.25. The third-order valence-corrected chi connectivity index (χ3v) is 3.79. The fraction of sp³-hybridized carbons (Fsp3) is 0.600. The number of nitrogens with zero attached hydrogens (tertiary/aromatic N) is 1. The van der Waals surface area contributed by atoms with Crippen molar-refractivity contribution < 1.29 is 9.47 Å². The molecule has 1 saturated heterocycles. The lowest BCUT2D eigenvalue weighted by Gasteiger charge is -2.34. The van der Waals surface area contributed by atoms with Gasteiger partial charge < -0.3 is 15.2 Å². The fourth-order valence-corrected chi connectivity index (χ4v) is 2.48. The first-order valence-electron chi connectivity index (χ1n) is 6.94. The van der Waals surface area contributed by atoms with E-state index in [9.17, 15) is 0 Å². The predicted octanol–water partition coefficient (Wildman–Crippen LogP) is 1.74. The molecule has 1 aliphatic rings. The molecule has 0 radical (unpaired) electrons. The van der Waals surface area contributed by atoms with E-state index in [0.29, 0.717) is 18.6 Å². The second kappa shape index (κ2) is 6.78. The molecule has 2 N–H and O–H groups in total. The first-order valence-corrected chi connectivity index (χ1v) is 6.94. The molecule has 1 aromatic rings. The van der Waals surface area contributed by atoms with Crippen LogP contribution < -0.4 is 15.2 Å². The van der Waals surface area contributed by atoms with Crippen molar-refractivity contribution in [3.8, 4) is 11.5 Å². The summed E-state index contributed by atoms with van der Waals surface area (Å²) in [5.74, 6) is 2.17. The molecule has 0 amide bonds. The number of likely N-dealkylation sites (tertiary alicyclic amines) is 1. The maximum Gasteiger partial charge on any atom is 0.161 e. The Balaban J connectivity index is 1.77. The van der Waals surface area contributed by atoms with Crippen LogP contribution in [-0.2, 0) is 0 Å². The van der Waals surface area contributed by atoms with Crippen LogP contribution in [0.4, 0.5) is 0 Å². The van der Waals surface area contributed by atoms with Crippen molar-refractivity contribution in [1.29, 1.82) is 0 Å². The minimum Gasteiger partial charge on any atom is -0.493 e. The first kappa shape index (κ1) is 14.2. The Morgan fingerprint density at radius 1 is 1.32 bits per heavy atom. The van der Waals surface area contributed by atoms with Crippen LogP contribution >= 0.6 is 0 Å². The molecule has 1 aliphatic heterocycles. The average molecular weight is 264 g/mol. The van der Waals surface area contributed by atoms with Gasteiger partial charge in [0.1, 0.15) is 6.61 Å². The molecule has 2 unspecified atom stereocenters. The Morgan fingerprint density at radius 3 is 2.74 bits per heavy atom. The Morgan fingerprint density at radius 2 is 2.05 bits per heavy atom. The van der Waals surface area contributed by atoms with Gasteiger partial charge in [-0.15, -0.1) is 0 Å². The van der Waals surface area contributed by atoms with Gasteiger partial charge in [0.05, 0.1) is 7.11 Å². The van der Waals surface area contributed by atoms with Crippen LogP contribution in [0.2, 0.25) is 0 Å². The number of rotatable bonds is 5. The van der Waals surface area contributed by atoms with Gasteiger partial charge in [0.25, 0.3) is 0 Å². The molecule has 2 atom stereocenters. The van der Waals surface area contributed by atoms with E-state index in [1.807, 2.05) is 24.3 Å². The Bertz CT molecular complexity index is 397. The van der Waals surface area contributed by atoms with Crippen LogP contribution in [0.1, 0.15) is 13.3 Å². The van der Waals surface area contributed by atoms with Gasteiger partial charge in [-0.05, 0) is 31.0 Å². The highest BCUT2D eigenvalue weighted by Gasteiger charge is 2.22. The summed E-state index contributed by atoms with van der Waals surface area (Å²) in [7, 11) is 1.66. The van der Waals surface area contributed by atoms with Crippen molar-refractivity contribution >= 4 is 0 Å². The van der Waals surface area contributed by atoms with Crippen molar-refractivity contribution in [2.75, 3.05) is 33.4 Å². The van der Waals surface area contributed by atoms with Gasteiger partial charge in [0, 0.05) is 19.1 Å². The van der Waals surface area contributed by atoms with Crippen LogP contribution in [0, 0.1) is 5.92 Å². The Kier molecular flexibility index (Phi) is 5.05. The molecular weight excluding hydrogens is 240 g/mol. The molecule has 4 heteroatoms.